The Morgan fingerprint density at radius 1 is 1.21 bits per heavy atom. The highest BCUT2D eigenvalue weighted by molar-refractivity contribution is 5.18. The number of hydrogen-bond acceptors (Lipinski definition) is 2. The lowest BCUT2D eigenvalue weighted by Crippen LogP contribution is -2.32. The van der Waals surface area contributed by atoms with Gasteiger partial charge >= 0.3 is 0 Å². The van der Waals surface area contributed by atoms with Gasteiger partial charge in [0.2, 0.25) is 0 Å². The molecule has 0 radical (unpaired) electrons. The number of nitrogens with one attached hydrogen (secondary N) is 1. The van der Waals surface area contributed by atoms with Crippen LogP contribution < -0.4 is 5.32 Å². The molecule has 0 spiro atoms. The van der Waals surface area contributed by atoms with Gasteiger partial charge in [0.15, 0.2) is 0 Å². The monoisotopic (exact) mass is 193 g/mol. The fourth-order valence-electron chi connectivity index (χ4n) is 1.56. The molecule has 1 unspecified atom stereocenters. The lowest BCUT2D eigenvalue weighted by Gasteiger charge is -2.19. The molecule has 2 nitrogen and oxygen atoms in total. The Labute approximate surface area is 86.3 Å². The van der Waals surface area contributed by atoms with Crippen molar-refractivity contribution in [2.24, 2.45) is 0 Å². The molecule has 1 aromatic carbocycles. The summed E-state index contributed by atoms with van der Waals surface area (Å²) in [6, 6.07) is 11.2. The molecule has 0 aromatic heterocycles. The second-order valence-corrected chi connectivity index (χ2v) is 3.66. The van der Waals surface area contributed by atoms with E-state index in [0.717, 1.165) is 6.61 Å². The first-order valence-electron chi connectivity index (χ1n) is 5.04. The van der Waals surface area contributed by atoms with E-state index in [4.69, 9.17) is 4.74 Å². The minimum atomic E-state index is 0.376. The number of benzene rings is 1. The van der Waals surface area contributed by atoms with E-state index < -0.39 is 0 Å². The second kappa shape index (κ2) is 5.78. The first-order valence-corrected chi connectivity index (χ1v) is 5.04. The van der Waals surface area contributed by atoms with Crippen molar-refractivity contribution in [3.8, 4) is 0 Å². The summed E-state index contributed by atoms with van der Waals surface area (Å²) in [6.45, 7) is 5.04. The summed E-state index contributed by atoms with van der Waals surface area (Å²) in [7, 11) is 1.73. The fourth-order valence-corrected chi connectivity index (χ4v) is 1.56. The van der Waals surface area contributed by atoms with Gasteiger partial charge in [0.05, 0.1) is 6.61 Å². The molecule has 0 fully saturated rings. The van der Waals surface area contributed by atoms with E-state index in [-0.39, 0.29) is 0 Å². The zero-order valence-electron chi connectivity index (χ0n) is 9.16. The highest BCUT2D eigenvalue weighted by Crippen LogP contribution is 2.11. The van der Waals surface area contributed by atoms with Crippen LogP contribution in [0.1, 0.15) is 25.5 Å². The number of rotatable bonds is 5. The molecule has 0 bridgehead atoms. The summed E-state index contributed by atoms with van der Waals surface area (Å²) in [4.78, 5) is 0. The topological polar surface area (TPSA) is 21.3 Å². The molecule has 2 atom stereocenters. The van der Waals surface area contributed by atoms with Crippen molar-refractivity contribution in [1.29, 1.82) is 0 Å². The quantitative estimate of drug-likeness (QED) is 0.775. The van der Waals surface area contributed by atoms with Crippen molar-refractivity contribution in [2.45, 2.75) is 25.9 Å². The van der Waals surface area contributed by atoms with E-state index in [1.807, 2.05) is 6.07 Å². The third-order valence-corrected chi connectivity index (χ3v) is 2.25. The fraction of sp³-hybridized carbons (Fsp3) is 0.500. The van der Waals surface area contributed by atoms with Crippen molar-refractivity contribution in [3.63, 3.8) is 0 Å². The van der Waals surface area contributed by atoms with Gasteiger partial charge in [0.1, 0.15) is 0 Å². The van der Waals surface area contributed by atoms with E-state index in [9.17, 15) is 0 Å². The van der Waals surface area contributed by atoms with E-state index in [1.165, 1.54) is 5.56 Å². The van der Waals surface area contributed by atoms with Crippen LogP contribution in [-0.2, 0) is 4.74 Å². The number of hydrogen-bond donors (Lipinski definition) is 1. The van der Waals surface area contributed by atoms with Crippen LogP contribution in [0.25, 0.3) is 0 Å². The van der Waals surface area contributed by atoms with Crippen LogP contribution in [0.5, 0.6) is 0 Å². The molecule has 0 aliphatic heterocycles. The van der Waals surface area contributed by atoms with Crippen LogP contribution in [-0.4, -0.2) is 19.8 Å². The molecule has 2 heteroatoms. The van der Waals surface area contributed by atoms with Gasteiger partial charge in [-0.1, -0.05) is 30.3 Å². The molecule has 1 rings (SSSR count). The third kappa shape index (κ3) is 3.48. The van der Waals surface area contributed by atoms with Gasteiger partial charge in [0.25, 0.3) is 0 Å². The minimum absolute atomic E-state index is 0.376. The average Bonchev–Trinajstić information content (AvgIpc) is 2.19. The van der Waals surface area contributed by atoms with Crippen LogP contribution in [0.3, 0.4) is 0 Å². The molecule has 0 heterocycles. The normalized spacial score (nSPS) is 15.1. The highest BCUT2D eigenvalue weighted by Gasteiger charge is 2.07. The number of methoxy groups -OCH3 is 1. The Morgan fingerprint density at radius 2 is 1.86 bits per heavy atom. The van der Waals surface area contributed by atoms with Gasteiger partial charge in [-0.2, -0.15) is 0 Å². The Bertz CT molecular complexity index is 248. The molecule has 1 aromatic rings. The van der Waals surface area contributed by atoms with Crippen LogP contribution in [0.2, 0.25) is 0 Å². The van der Waals surface area contributed by atoms with E-state index in [0.29, 0.717) is 12.1 Å². The van der Waals surface area contributed by atoms with Crippen molar-refractivity contribution < 1.29 is 4.74 Å². The summed E-state index contributed by atoms with van der Waals surface area (Å²) in [5.74, 6) is 0. The molecule has 0 amide bonds. The number of ether oxygens (including phenoxy) is 1. The van der Waals surface area contributed by atoms with Crippen molar-refractivity contribution in [2.75, 3.05) is 13.7 Å². The highest BCUT2D eigenvalue weighted by atomic mass is 16.5. The standard InChI is InChI=1S/C12H19NO/c1-10(9-14-3)13-11(2)12-7-5-4-6-8-12/h4-8,10-11,13H,9H2,1-3H3/t10?,11-/m0/s1. The van der Waals surface area contributed by atoms with Gasteiger partial charge in [-0.3, -0.25) is 0 Å². The Hall–Kier alpha value is -0.860. The lowest BCUT2D eigenvalue weighted by molar-refractivity contribution is 0.168. The van der Waals surface area contributed by atoms with Gasteiger partial charge in [-0.15, -0.1) is 0 Å². The molecular weight excluding hydrogens is 174 g/mol. The first-order chi connectivity index (χ1) is 6.74. The first kappa shape index (κ1) is 11.2. The predicted octanol–water partition coefficient (Wildman–Crippen LogP) is 2.37. The van der Waals surface area contributed by atoms with Gasteiger partial charge in [-0.25, -0.2) is 0 Å². The molecule has 1 N–H and O–H groups in total. The zero-order valence-corrected chi connectivity index (χ0v) is 9.16. The molecule has 78 valence electrons. The average molecular weight is 193 g/mol. The van der Waals surface area contributed by atoms with E-state index in [2.05, 4.69) is 43.4 Å². The maximum absolute atomic E-state index is 5.08. The van der Waals surface area contributed by atoms with Crippen LogP contribution >= 0.6 is 0 Å². The second-order valence-electron chi connectivity index (χ2n) is 3.66. The smallest absolute Gasteiger partial charge is 0.0613 e. The summed E-state index contributed by atoms with van der Waals surface area (Å²) in [5.41, 5.74) is 1.32. The molecule has 0 aliphatic carbocycles. The maximum Gasteiger partial charge on any atom is 0.0613 e. The maximum atomic E-state index is 5.08. The molecular formula is C12H19NO. The summed E-state index contributed by atoms with van der Waals surface area (Å²) in [5, 5.41) is 3.47. The van der Waals surface area contributed by atoms with Gasteiger partial charge < -0.3 is 10.1 Å². The van der Waals surface area contributed by atoms with Crippen molar-refractivity contribution in [1.82, 2.24) is 5.32 Å². The predicted molar refractivity (Wildman–Crippen MR) is 59.3 cm³/mol. The van der Waals surface area contributed by atoms with Crippen molar-refractivity contribution in [3.05, 3.63) is 35.9 Å². The molecule has 0 saturated carbocycles. The molecule has 14 heavy (non-hydrogen) atoms. The Morgan fingerprint density at radius 3 is 2.43 bits per heavy atom. The zero-order chi connectivity index (χ0) is 10.4. The van der Waals surface area contributed by atoms with Crippen LogP contribution in [0, 0.1) is 0 Å². The Balaban J connectivity index is 2.46. The van der Waals surface area contributed by atoms with Gasteiger partial charge in [-0.05, 0) is 19.4 Å². The van der Waals surface area contributed by atoms with Crippen molar-refractivity contribution >= 4 is 0 Å². The van der Waals surface area contributed by atoms with E-state index in [1.54, 1.807) is 7.11 Å². The summed E-state index contributed by atoms with van der Waals surface area (Å²) < 4.78 is 5.08. The SMILES string of the molecule is COCC(C)N[C@@H](C)c1ccccc1. The van der Waals surface area contributed by atoms with Gasteiger partial charge in [0, 0.05) is 19.2 Å². The van der Waals surface area contributed by atoms with Crippen LogP contribution in [0.15, 0.2) is 30.3 Å². The van der Waals surface area contributed by atoms with E-state index >= 15 is 0 Å². The third-order valence-electron chi connectivity index (χ3n) is 2.25. The largest absolute Gasteiger partial charge is 0.383 e. The Kier molecular flexibility index (Phi) is 4.63. The molecule has 0 aliphatic rings. The summed E-state index contributed by atoms with van der Waals surface area (Å²) in [6.07, 6.45) is 0. The minimum Gasteiger partial charge on any atom is -0.383 e. The van der Waals surface area contributed by atoms with Crippen LogP contribution in [0.4, 0.5) is 0 Å². The molecule has 0 saturated heterocycles. The lowest BCUT2D eigenvalue weighted by atomic mass is 10.1. The summed E-state index contributed by atoms with van der Waals surface area (Å²) >= 11 is 0.